The van der Waals surface area contributed by atoms with Gasteiger partial charge in [0, 0.05) is 27.9 Å². The molecule has 9 heteroatoms. The van der Waals surface area contributed by atoms with Crippen molar-refractivity contribution in [1.82, 2.24) is 9.97 Å². The van der Waals surface area contributed by atoms with Crippen molar-refractivity contribution in [2.24, 2.45) is 0 Å². The molecule has 0 bridgehead atoms. The van der Waals surface area contributed by atoms with Crippen LogP contribution in [-0.2, 0) is 14.4 Å². The van der Waals surface area contributed by atoms with Crippen LogP contribution in [0.15, 0.2) is 86.0 Å². The van der Waals surface area contributed by atoms with E-state index in [1.54, 1.807) is 19.1 Å². The van der Waals surface area contributed by atoms with Gasteiger partial charge in [-0.05, 0) is 61.0 Å². The summed E-state index contributed by atoms with van der Waals surface area (Å²) >= 11 is 0. The van der Waals surface area contributed by atoms with Crippen LogP contribution < -0.4 is 21.3 Å². The second-order valence-electron chi connectivity index (χ2n) is 8.73. The first-order chi connectivity index (χ1) is 18.8. The molecule has 5 rings (SSSR count). The molecule has 39 heavy (non-hydrogen) atoms. The second-order valence-corrected chi connectivity index (χ2v) is 8.73. The molecule has 1 aliphatic heterocycles. The summed E-state index contributed by atoms with van der Waals surface area (Å²) in [5.41, 5.74) is 4.89. The molecule has 0 unspecified atom stereocenters. The Labute approximate surface area is 224 Å². The maximum Gasteiger partial charge on any atom is 0.256 e. The van der Waals surface area contributed by atoms with Crippen molar-refractivity contribution in [2.45, 2.75) is 6.92 Å². The molecule has 4 aromatic rings. The van der Waals surface area contributed by atoms with Crippen molar-refractivity contribution in [3.63, 3.8) is 0 Å². The van der Waals surface area contributed by atoms with Crippen LogP contribution >= 0.6 is 0 Å². The van der Waals surface area contributed by atoms with Crippen LogP contribution in [0.3, 0.4) is 0 Å². The van der Waals surface area contributed by atoms with E-state index in [-0.39, 0.29) is 5.91 Å². The lowest BCUT2D eigenvalue weighted by Crippen LogP contribution is -2.14. The Morgan fingerprint density at radius 3 is 2.28 bits per heavy atom. The maximum absolute atomic E-state index is 12.7. The lowest BCUT2D eigenvalue weighted by molar-refractivity contribution is -0.112. The molecule has 0 aliphatic carbocycles. The second kappa shape index (κ2) is 10.4. The molecular weight excluding hydrogens is 492 g/mol. The number of nitrogens with zero attached hydrogens (tertiary/aromatic N) is 2. The molecule has 0 radical (unpaired) electrons. The predicted octanol–water partition coefficient (Wildman–Crippen LogP) is 5.42. The highest BCUT2D eigenvalue weighted by Gasteiger charge is 2.24. The number of hydrogen-bond acceptors (Lipinski definition) is 6. The third kappa shape index (κ3) is 5.28. The minimum atomic E-state index is -0.445. The van der Waals surface area contributed by atoms with E-state index in [2.05, 4.69) is 44.4 Å². The molecular formula is C30H24N6O3. The van der Waals surface area contributed by atoms with Gasteiger partial charge in [-0.1, -0.05) is 43.5 Å². The SMILES string of the molecule is C=CC(=O)Nc1cc2nc(C)nc(Nc3ccc4c(c3)C(=Cc3ccccc3)C(=O)N4)c2cc1NC(=O)C=C. The maximum atomic E-state index is 12.7. The van der Waals surface area contributed by atoms with Gasteiger partial charge in [-0.3, -0.25) is 14.4 Å². The Morgan fingerprint density at radius 1 is 0.897 bits per heavy atom. The fourth-order valence-corrected chi connectivity index (χ4v) is 4.22. The number of aryl methyl sites for hydroxylation is 1. The van der Waals surface area contributed by atoms with Gasteiger partial charge in [0.2, 0.25) is 11.8 Å². The first-order valence-corrected chi connectivity index (χ1v) is 12.0. The van der Waals surface area contributed by atoms with Crippen LogP contribution in [0.4, 0.5) is 28.6 Å². The third-order valence-corrected chi connectivity index (χ3v) is 6.01. The normalized spacial score (nSPS) is 12.9. The molecule has 1 aromatic heterocycles. The molecule has 4 N–H and O–H groups in total. The Hall–Kier alpha value is -5.57. The van der Waals surface area contributed by atoms with Crippen molar-refractivity contribution in [3.05, 3.63) is 103 Å². The highest BCUT2D eigenvalue weighted by Crippen LogP contribution is 2.37. The van der Waals surface area contributed by atoms with Crippen molar-refractivity contribution >= 4 is 68.8 Å². The summed E-state index contributed by atoms with van der Waals surface area (Å²) in [5, 5.41) is 12.2. The Morgan fingerprint density at radius 2 is 1.59 bits per heavy atom. The minimum absolute atomic E-state index is 0.175. The van der Waals surface area contributed by atoms with Crippen LogP contribution in [0.5, 0.6) is 0 Å². The van der Waals surface area contributed by atoms with E-state index in [1.807, 2.05) is 54.6 Å². The van der Waals surface area contributed by atoms with Gasteiger partial charge in [-0.2, -0.15) is 0 Å². The van der Waals surface area contributed by atoms with Crippen molar-refractivity contribution in [2.75, 3.05) is 21.3 Å². The first-order valence-electron chi connectivity index (χ1n) is 12.0. The highest BCUT2D eigenvalue weighted by molar-refractivity contribution is 6.35. The number of rotatable bonds is 7. The van der Waals surface area contributed by atoms with Gasteiger partial charge in [0.1, 0.15) is 11.6 Å². The summed E-state index contributed by atoms with van der Waals surface area (Å²) in [6.45, 7) is 8.73. The van der Waals surface area contributed by atoms with Crippen LogP contribution in [0.25, 0.3) is 22.6 Å². The Bertz CT molecular complexity index is 1710. The first kappa shape index (κ1) is 25.1. The van der Waals surface area contributed by atoms with E-state index in [9.17, 15) is 14.4 Å². The smallest absolute Gasteiger partial charge is 0.256 e. The van der Waals surface area contributed by atoms with Gasteiger partial charge >= 0.3 is 0 Å². The molecule has 0 fully saturated rings. The summed E-state index contributed by atoms with van der Waals surface area (Å²) in [5.74, 6) is -0.0747. The number of carbonyl (C=O) groups is 3. The summed E-state index contributed by atoms with van der Waals surface area (Å²) in [6.07, 6.45) is 4.12. The fourth-order valence-electron chi connectivity index (χ4n) is 4.22. The molecule has 3 aromatic carbocycles. The van der Waals surface area contributed by atoms with E-state index >= 15 is 0 Å². The Kier molecular flexibility index (Phi) is 6.71. The van der Waals surface area contributed by atoms with Gasteiger partial charge in [0.05, 0.1) is 16.9 Å². The van der Waals surface area contributed by atoms with Gasteiger partial charge < -0.3 is 21.3 Å². The largest absolute Gasteiger partial charge is 0.340 e. The minimum Gasteiger partial charge on any atom is -0.340 e. The lowest BCUT2D eigenvalue weighted by atomic mass is 10.0. The van der Waals surface area contributed by atoms with Gasteiger partial charge in [0.25, 0.3) is 5.91 Å². The van der Waals surface area contributed by atoms with E-state index < -0.39 is 11.8 Å². The van der Waals surface area contributed by atoms with Crippen LogP contribution in [0, 0.1) is 6.92 Å². The molecule has 0 saturated carbocycles. The number of aromatic nitrogens is 2. The van der Waals surface area contributed by atoms with Gasteiger partial charge in [0.15, 0.2) is 0 Å². The quantitative estimate of drug-likeness (QED) is 0.243. The lowest BCUT2D eigenvalue weighted by Gasteiger charge is -2.15. The van der Waals surface area contributed by atoms with E-state index in [4.69, 9.17) is 0 Å². The van der Waals surface area contributed by atoms with E-state index in [0.29, 0.717) is 50.9 Å². The standard InChI is InChI=1S/C30H24N6O3/c1-4-27(37)34-25-15-22-24(16-26(25)35-28(38)5-2)31-17(3)32-29(22)33-19-11-12-23-20(14-19)21(30(39)36-23)13-18-9-7-6-8-10-18/h4-16H,1-2H2,3H3,(H,34,37)(H,35,38)(H,36,39)(H,31,32,33). The fraction of sp³-hybridized carbons (Fsp3) is 0.0333. The summed E-state index contributed by atoms with van der Waals surface area (Å²) < 4.78 is 0. The summed E-state index contributed by atoms with van der Waals surface area (Å²) in [7, 11) is 0. The molecule has 0 atom stereocenters. The zero-order valence-corrected chi connectivity index (χ0v) is 21.0. The van der Waals surface area contributed by atoms with Crippen LogP contribution in [-0.4, -0.2) is 27.7 Å². The molecule has 192 valence electrons. The molecule has 9 nitrogen and oxygen atoms in total. The number of anilines is 5. The van der Waals surface area contributed by atoms with Crippen LogP contribution in [0.1, 0.15) is 17.0 Å². The molecule has 2 heterocycles. The van der Waals surface area contributed by atoms with Gasteiger partial charge in [-0.25, -0.2) is 9.97 Å². The molecule has 3 amide bonds. The average Bonchev–Trinajstić information content (AvgIpc) is 3.23. The van der Waals surface area contributed by atoms with E-state index in [0.717, 1.165) is 23.3 Å². The van der Waals surface area contributed by atoms with E-state index in [1.165, 1.54) is 0 Å². The number of hydrogen-bond donors (Lipinski definition) is 4. The number of carbonyl (C=O) groups excluding carboxylic acids is 3. The van der Waals surface area contributed by atoms with Crippen LogP contribution in [0.2, 0.25) is 0 Å². The van der Waals surface area contributed by atoms with Crippen molar-refractivity contribution in [3.8, 4) is 0 Å². The monoisotopic (exact) mass is 516 g/mol. The molecule has 0 spiro atoms. The zero-order chi connectivity index (χ0) is 27.5. The highest BCUT2D eigenvalue weighted by atomic mass is 16.2. The summed E-state index contributed by atoms with van der Waals surface area (Å²) in [6, 6.07) is 18.5. The number of benzene rings is 3. The number of nitrogens with one attached hydrogen (secondary N) is 4. The predicted molar refractivity (Wildman–Crippen MR) is 155 cm³/mol. The average molecular weight is 517 g/mol. The van der Waals surface area contributed by atoms with Crippen molar-refractivity contribution < 1.29 is 14.4 Å². The van der Waals surface area contributed by atoms with Crippen molar-refractivity contribution in [1.29, 1.82) is 0 Å². The zero-order valence-electron chi connectivity index (χ0n) is 21.0. The molecule has 0 saturated heterocycles. The van der Waals surface area contributed by atoms with Gasteiger partial charge in [-0.15, -0.1) is 0 Å². The third-order valence-electron chi connectivity index (χ3n) is 6.01. The summed E-state index contributed by atoms with van der Waals surface area (Å²) in [4.78, 5) is 45.9. The number of fused-ring (bicyclic) bond motifs is 2. The molecule has 1 aliphatic rings. The Balaban J connectivity index is 1.57. The topological polar surface area (TPSA) is 125 Å². The number of amides is 3.